The number of anilines is 3. The summed E-state index contributed by atoms with van der Waals surface area (Å²) in [6.07, 6.45) is 1.30. The number of amides is 1. The summed E-state index contributed by atoms with van der Waals surface area (Å²) < 4.78 is 26.6. The summed E-state index contributed by atoms with van der Waals surface area (Å²) in [5.41, 5.74) is 5.18. The van der Waals surface area contributed by atoms with Crippen molar-refractivity contribution in [1.82, 2.24) is 29.7 Å². The molecule has 2 atom stereocenters. The number of piperazine rings is 1. The third-order valence-corrected chi connectivity index (χ3v) is 9.53. The molecule has 2 aromatic heterocycles. The summed E-state index contributed by atoms with van der Waals surface area (Å²) in [5.74, 6) is 0.799. The van der Waals surface area contributed by atoms with Crippen molar-refractivity contribution in [2.45, 2.75) is 38.6 Å². The molecule has 12 nitrogen and oxygen atoms in total. The fourth-order valence-electron chi connectivity index (χ4n) is 6.36. The van der Waals surface area contributed by atoms with Crippen molar-refractivity contribution in [2.24, 2.45) is 0 Å². The van der Waals surface area contributed by atoms with Gasteiger partial charge in [0.15, 0.2) is 12.0 Å². The Morgan fingerprint density at radius 1 is 1.08 bits per heavy atom. The van der Waals surface area contributed by atoms with Crippen LogP contribution in [-0.4, -0.2) is 106 Å². The van der Waals surface area contributed by atoms with Gasteiger partial charge in [-0.05, 0) is 67.4 Å². The van der Waals surface area contributed by atoms with Gasteiger partial charge < -0.3 is 29.6 Å². The highest BCUT2D eigenvalue weighted by Crippen LogP contribution is 2.29. The minimum atomic E-state index is -1.41. The lowest BCUT2D eigenvalue weighted by atomic mass is 10.0. The molecule has 248 valence electrons. The maximum Gasteiger partial charge on any atom is 0.270 e. The number of aryl methyl sites for hydroxylation is 1. The highest BCUT2D eigenvalue weighted by molar-refractivity contribution is 5.94. The van der Waals surface area contributed by atoms with Gasteiger partial charge in [0.25, 0.3) is 5.91 Å². The summed E-state index contributed by atoms with van der Waals surface area (Å²) in [4.78, 5) is 35.5. The number of piperidine rings is 1. The first-order valence-corrected chi connectivity index (χ1v) is 16.3. The molecule has 7 rings (SSSR count). The number of alkyl halides is 1. The van der Waals surface area contributed by atoms with Gasteiger partial charge in [-0.1, -0.05) is 0 Å². The Labute approximate surface area is 278 Å². The van der Waals surface area contributed by atoms with Crippen LogP contribution in [0.2, 0.25) is 0 Å². The molecule has 0 unspecified atom stereocenters. The van der Waals surface area contributed by atoms with Gasteiger partial charge in [0.2, 0.25) is 5.95 Å². The number of nitrogens with zero attached hydrogens (tertiary/aromatic N) is 7. The van der Waals surface area contributed by atoms with Crippen molar-refractivity contribution in [3.05, 3.63) is 77.4 Å². The second-order valence-electron chi connectivity index (χ2n) is 12.5. The van der Waals surface area contributed by atoms with E-state index in [-0.39, 0.29) is 23.8 Å². The molecule has 3 saturated heterocycles. The van der Waals surface area contributed by atoms with Gasteiger partial charge in [0.05, 0.1) is 31.4 Å². The zero-order chi connectivity index (χ0) is 33.2. The largest absolute Gasteiger partial charge is 0.486 e. The predicted molar refractivity (Wildman–Crippen MR) is 178 cm³/mol. The predicted octanol–water partition coefficient (Wildman–Crippen LogP) is 4.25. The van der Waals surface area contributed by atoms with Crippen LogP contribution in [0.15, 0.2) is 55.0 Å². The van der Waals surface area contributed by atoms with Gasteiger partial charge in [0, 0.05) is 62.3 Å². The molecule has 0 bridgehead atoms. The van der Waals surface area contributed by atoms with E-state index < -0.39 is 12.3 Å². The van der Waals surface area contributed by atoms with Crippen molar-refractivity contribution in [3.8, 4) is 23.2 Å². The number of H-pyrrole nitrogens is 1. The van der Waals surface area contributed by atoms with E-state index in [1.165, 1.54) is 16.9 Å². The van der Waals surface area contributed by atoms with Gasteiger partial charge in [-0.25, -0.2) is 14.4 Å². The quantitative estimate of drug-likeness (QED) is 0.285. The Hall–Kier alpha value is -5.06. The lowest BCUT2D eigenvalue weighted by molar-refractivity contribution is -0.0660. The summed E-state index contributed by atoms with van der Waals surface area (Å²) in [6.45, 7) is 9.79. The highest BCUT2D eigenvalue weighted by atomic mass is 19.1. The van der Waals surface area contributed by atoms with E-state index in [0.29, 0.717) is 42.0 Å². The number of carbonyl (C=O) groups excluding carboxylic acids is 1. The molecule has 3 fully saturated rings. The van der Waals surface area contributed by atoms with Crippen molar-refractivity contribution >= 4 is 23.2 Å². The smallest absolute Gasteiger partial charge is 0.270 e. The topological polar surface area (TPSA) is 136 Å². The lowest BCUT2D eigenvalue weighted by Crippen LogP contribution is -2.56. The fraction of sp³-hybridized carbons (Fsp3) is 0.400. The number of likely N-dealkylation sites (tertiary alicyclic amines) is 1. The Morgan fingerprint density at radius 2 is 1.88 bits per heavy atom. The van der Waals surface area contributed by atoms with Gasteiger partial charge >= 0.3 is 0 Å². The number of aromatic amines is 1. The number of hydrogen-bond donors (Lipinski definition) is 2. The third-order valence-electron chi connectivity index (χ3n) is 9.53. The first kappa shape index (κ1) is 31.5. The van der Waals surface area contributed by atoms with Crippen LogP contribution >= 0.6 is 0 Å². The minimum Gasteiger partial charge on any atom is -0.486 e. The molecule has 3 aliphatic rings. The number of ether oxygens (including phenoxy) is 2. The minimum absolute atomic E-state index is 0.0854. The molecule has 4 aromatic rings. The maximum absolute atomic E-state index is 15.3. The lowest BCUT2D eigenvalue weighted by Gasteiger charge is -2.43. The van der Waals surface area contributed by atoms with E-state index in [9.17, 15) is 10.1 Å². The van der Waals surface area contributed by atoms with Crippen molar-refractivity contribution in [3.63, 3.8) is 0 Å². The molecule has 48 heavy (non-hydrogen) atoms. The van der Waals surface area contributed by atoms with Crippen LogP contribution in [0.4, 0.5) is 21.7 Å². The van der Waals surface area contributed by atoms with Gasteiger partial charge in [-0.15, -0.1) is 0 Å². The van der Waals surface area contributed by atoms with Crippen LogP contribution < -0.4 is 15.0 Å². The number of carbonyl (C=O) groups is 1. The van der Waals surface area contributed by atoms with Crippen LogP contribution in [0.3, 0.4) is 0 Å². The Morgan fingerprint density at radius 3 is 2.54 bits per heavy atom. The first-order chi connectivity index (χ1) is 23.4. The summed E-state index contributed by atoms with van der Waals surface area (Å²) >= 11 is 0. The number of nitrogens with one attached hydrogen (secondary N) is 2. The number of rotatable bonds is 8. The molecule has 0 aliphatic carbocycles. The monoisotopic (exact) mass is 651 g/mol. The number of halogens is 1. The molecule has 2 aromatic carbocycles. The van der Waals surface area contributed by atoms with Gasteiger partial charge in [-0.2, -0.15) is 10.2 Å². The Balaban J connectivity index is 0.965. The van der Waals surface area contributed by atoms with Crippen molar-refractivity contribution in [1.29, 1.82) is 5.26 Å². The highest BCUT2D eigenvalue weighted by Gasteiger charge is 2.35. The fourth-order valence-corrected chi connectivity index (χ4v) is 6.36. The molecule has 13 heteroatoms. The molecule has 5 heterocycles. The van der Waals surface area contributed by atoms with Crippen LogP contribution in [-0.2, 0) is 4.74 Å². The molecular formula is C35H38FN9O3. The van der Waals surface area contributed by atoms with Crippen LogP contribution in [0, 0.1) is 25.2 Å². The standard InChI is InChI=1S/C35H38FN9O3/c1-22-17-38-32(23(22)2)34(46)45-10-9-31(29(36)18-45)48-30-8-3-24(15-25(30)16-37)33-39-21-40-35(42-33)41-26-4-6-27(7-5-26)43-11-13-44(14-12-43)28-19-47-20-28/h3-8,15,17,21,28-29,31,38H,9-14,18-20H2,1-2H3,(H,39,40,41,42)/t29-,31+/m1/s1. The van der Waals surface area contributed by atoms with E-state index in [1.807, 2.05) is 26.0 Å². The van der Waals surface area contributed by atoms with Gasteiger partial charge in [0.1, 0.15) is 29.9 Å². The molecule has 0 spiro atoms. The molecule has 0 saturated carbocycles. The number of nitriles is 1. The van der Waals surface area contributed by atoms with Crippen molar-refractivity contribution in [2.75, 3.05) is 62.7 Å². The number of aromatic nitrogens is 4. The average molecular weight is 652 g/mol. The Bertz CT molecular complexity index is 1810. The van der Waals surface area contributed by atoms with E-state index in [4.69, 9.17) is 9.47 Å². The summed E-state index contributed by atoms with van der Waals surface area (Å²) in [5, 5.41) is 13.2. The first-order valence-electron chi connectivity index (χ1n) is 16.3. The normalized spacial score (nSPS) is 20.2. The molecule has 1 amide bonds. The third kappa shape index (κ3) is 6.54. The maximum atomic E-state index is 15.3. The number of benzene rings is 2. The SMILES string of the molecule is Cc1c[nH]c(C(=O)N2CC[C@H](Oc3ccc(-c4ncnc(Nc5ccc(N6CCN(C7COC7)CC6)cc5)n4)cc3C#N)[C@H](F)C2)c1C. The van der Waals surface area contributed by atoms with E-state index >= 15 is 4.39 Å². The average Bonchev–Trinajstić information content (AvgIpc) is 3.42. The van der Waals surface area contributed by atoms with Crippen LogP contribution in [0.25, 0.3) is 11.4 Å². The molecular weight excluding hydrogens is 613 g/mol. The second kappa shape index (κ2) is 13.6. The zero-order valence-corrected chi connectivity index (χ0v) is 27.0. The van der Waals surface area contributed by atoms with Crippen molar-refractivity contribution < 1.29 is 18.7 Å². The van der Waals surface area contributed by atoms with Crippen LogP contribution in [0.1, 0.15) is 33.6 Å². The van der Waals surface area contributed by atoms with E-state index in [0.717, 1.165) is 56.2 Å². The van der Waals surface area contributed by atoms with Gasteiger partial charge in [-0.3, -0.25) is 9.69 Å². The second-order valence-corrected chi connectivity index (χ2v) is 12.5. The molecule has 3 aliphatic heterocycles. The Kier molecular flexibility index (Phi) is 8.92. The zero-order valence-electron chi connectivity index (χ0n) is 27.0. The summed E-state index contributed by atoms with van der Waals surface area (Å²) in [6, 6.07) is 15.9. The van der Waals surface area contributed by atoms with E-state index in [2.05, 4.69) is 53.3 Å². The molecule has 2 N–H and O–H groups in total. The van der Waals surface area contributed by atoms with Crippen LogP contribution in [0.5, 0.6) is 5.75 Å². The van der Waals surface area contributed by atoms with E-state index in [1.54, 1.807) is 24.4 Å². The number of hydrogen-bond acceptors (Lipinski definition) is 10. The summed E-state index contributed by atoms with van der Waals surface area (Å²) in [7, 11) is 0. The molecule has 0 radical (unpaired) electrons.